The minimum atomic E-state index is -0.494. The van der Waals surface area contributed by atoms with Gasteiger partial charge in [0.25, 0.3) is 5.91 Å². The number of benzene rings is 1. The number of carbonyl (C=O) groups is 1. The van der Waals surface area contributed by atoms with E-state index >= 15 is 0 Å². The molecule has 4 heteroatoms. The first kappa shape index (κ1) is 16.2. The van der Waals surface area contributed by atoms with Crippen LogP contribution in [0.2, 0.25) is 5.02 Å². The molecule has 1 atom stereocenters. The van der Waals surface area contributed by atoms with Crippen molar-refractivity contribution in [3.63, 3.8) is 0 Å². The van der Waals surface area contributed by atoms with Crippen LogP contribution in [0.4, 0.5) is 0 Å². The van der Waals surface area contributed by atoms with Crippen LogP contribution in [0, 0.1) is 13.8 Å². The zero-order valence-electron chi connectivity index (χ0n) is 13.0. The standard InChI is InChI=1S/C17H24ClNO2/c1-11-9-15(10-12(2)16(11)18)21-13(3)17(20)19-14-7-5-4-6-8-14/h9-10,13-14H,4-8H2,1-3H3,(H,19,20)/t13-/m0/s1. The molecule has 1 aliphatic rings. The SMILES string of the molecule is Cc1cc(O[C@@H](C)C(=O)NC2CCCCC2)cc(C)c1Cl. The molecule has 3 nitrogen and oxygen atoms in total. The Bertz CT molecular complexity index is 487. The Balaban J connectivity index is 1.93. The summed E-state index contributed by atoms with van der Waals surface area (Å²) < 4.78 is 5.76. The lowest BCUT2D eigenvalue weighted by molar-refractivity contribution is -0.128. The molecule has 1 aromatic rings. The average Bonchev–Trinajstić information content (AvgIpc) is 2.45. The fourth-order valence-corrected chi connectivity index (χ4v) is 2.91. The van der Waals surface area contributed by atoms with Gasteiger partial charge in [-0.25, -0.2) is 0 Å². The van der Waals surface area contributed by atoms with Crippen LogP contribution in [0.15, 0.2) is 12.1 Å². The van der Waals surface area contributed by atoms with Gasteiger partial charge in [0.05, 0.1) is 0 Å². The molecule has 0 aromatic heterocycles. The Hall–Kier alpha value is -1.22. The second-order valence-corrected chi connectivity index (χ2v) is 6.35. The van der Waals surface area contributed by atoms with Crippen molar-refractivity contribution in [2.45, 2.75) is 65.0 Å². The first-order valence-electron chi connectivity index (χ1n) is 7.71. The zero-order chi connectivity index (χ0) is 15.4. The predicted octanol–water partition coefficient (Wildman–Crippen LogP) is 4.17. The Kier molecular flexibility index (Phi) is 5.51. The van der Waals surface area contributed by atoms with Crippen LogP contribution in [0.1, 0.15) is 50.2 Å². The van der Waals surface area contributed by atoms with Gasteiger partial charge in [-0.15, -0.1) is 0 Å². The molecule has 116 valence electrons. The Morgan fingerprint density at radius 3 is 2.38 bits per heavy atom. The van der Waals surface area contributed by atoms with E-state index < -0.39 is 6.10 Å². The summed E-state index contributed by atoms with van der Waals surface area (Å²) in [5, 5.41) is 3.84. The summed E-state index contributed by atoms with van der Waals surface area (Å²) in [4.78, 5) is 12.2. The van der Waals surface area contributed by atoms with Gasteiger partial charge < -0.3 is 10.1 Å². The monoisotopic (exact) mass is 309 g/mol. The average molecular weight is 310 g/mol. The van der Waals surface area contributed by atoms with E-state index in [4.69, 9.17) is 16.3 Å². The molecule has 0 aliphatic heterocycles. The Morgan fingerprint density at radius 1 is 1.24 bits per heavy atom. The van der Waals surface area contributed by atoms with Crippen LogP contribution in [-0.4, -0.2) is 18.1 Å². The van der Waals surface area contributed by atoms with E-state index in [9.17, 15) is 4.79 Å². The molecule has 1 fully saturated rings. The van der Waals surface area contributed by atoms with E-state index in [-0.39, 0.29) is 5.91 Å². The molecule has 1 aliphatic carbocycles. The van der Waals surface area contributed by atoms with E-state index in [2.05, 4.69) is 5.32 Å². The maximum atomic E-state index is 12.2. The topological polar surface area (TPSA) is 38.3 Å². The Labute approximate surface area is 132 Å². The molecule has 0 saturated heterocycles. The van der Waals surface area contributed by atoms with Crippen molar-refractivity contribution < 1.29 is 9.53 Å². The molecule has 0 unspecified atom stereocenters. The van der Waals surface area contributed by atoms with Crippen molar-refractivity contribution in [1.29, 1.82) is 0 Å². The molecule has 0 heterocycles. The smallest absolute Gasteiger partial charge is 0.260 e. The van der Waals surface area contributed by atoms with Crippen LogP contribution in [0.25, 0.3) is 0 Å². The van der Waals surface area contributed by atoms with Crippen LogP contribution in [0.3, 0.4) is 0 Å². The van der Waals surface area contributed by atoms with Gasteiger partial charge in [-0.3, -0.25) is 4.79 Å². The number of hydrogen-bond donors (Lipinski definition) is 1. The largest absolute Gasteiger partial charge is 0.481 e. The molecule has 0 bridgehead atoms. The van der Waals surface area contributed by atoms with Crippen molar-refractivity contribution >= 4 is 17.5 Å². The molecule has 1 aromatic carbocycles. The van der Waals surface area contributed by atoms with E-state index in [1.54, 1.807) is 6.92 Å². The van der Waals surface area contributed by atoms with Gasteiger partial charge in [0, 0.05) is 11.1 Å². The molecular formula is C17H24ClNO2. The molecule has 1 N–H and O–H groups in total. The van der Waals surface area contributed by atoms with Gasteiger partial charge in [0.2, 0.25) is 0 Å². The van der Waals surface area contributed by atoms with Crippen LogP contribution < -0.4 is 10.1 Å². The first-order chi connectivity index (χ1) is 9.97. The van der Waals surface area contributed by atoms with Crippen LogP contribution in [-0.2, 0) is 4.79 Å². The van der Waals surface area contributed by atoms with Gasteiger partial charge >= 0.3 is 0 Å². The lowest BCUT2D eigenvalue weighted by Gasteiger charge is -2.24. The normalized spacial score (nSPS) is 17.3. The van der Waals surface area contributed by atoms with E-state index in [1.807, 2.05) is 26.0 Å². The minimum absolute atomic E-state index is 0.0350. The summed E-state index contributed by atoms with van der Waals surface area (Å²) in [6.07, 6.45) is 5.36. The van der Waals surface area contributed by atoms with Gasteiger partial charge in [-0.2, -0.15) is 0 Å². The maximum absolute atomic E-state index is 12.2. The van der Waals surface area contributed by atoms with Crippen molar-refractivity contribution in [2.75, 3.05) is 0 Å². The summed E-state index contributed by atoms with van der Waals surface area (Å²) in [6, 6.07) is 4.06. The number of ether oxygens (including phenoxy) is 1. The second kappa shape index (κ2) is 7.17. The lowest BCUT2D eigenvalue weighted by atomic mass is 9.95. The van der Waals surface area contributed by atoms with Crippen LogP contribution in [0.5, 0.6) is 5.75 Å². The summed E-state index contributed by atoms with van der Waals surface area (Å²) in [7, 11) is 0. The maximum Gasteiger partial charge on any atom is 0.260 e. The highest BCUT2D eigenvalue weighted by Crippen LogP contribution is 2.26. The van der Waals surface area contributed by atoms with Crippen molar-refractivity contribution in [3.8, 4) is 5.75 Å². The van der Waals surface area contributed by atoms with Crippen molar-refractivity contribution in [1.82, 2.24) is 5.32 Å². The summed E-state index contributed by atoms with van der Waals surface area (Å²) >= 11 is 6.14. The highest BCUT2D eigenvalue weighted by atomic mass is 35.5. The fourth-order valence-electron chi connectivity index (χ4n) is 2.80. The Morgan fingerprint density at radius 2 is 1.81 bits per heavy atom. The molecular weight excluding hydrogens is 286 g/mol. The summed E-state index contributed by atoms with van der Waals surface area (Å²) in [6.45, 7) is 5.67. The van der Waals surface area contributed by atoms with Gasteiger partial charge in [0.1, 0.15) is 5.75 Å². The number of rotatable bonds is 4. The lowest BCUT2D eigenvalue weighted by Crippen LogP contribution is -2.43. The van der Waals surface area contributed by atoms with Gasteiger partial charge in [-0.05, 0) is 56.9 Å². The molecule has 21 heavy (non-hydrogen) atoms. The van der Waals surface area contributed by atoms with E-state index in [1.165, 1.54) is 19.3 Å². The number of carbonyl (C=O) groups excluding carboxylic acids is 1. The van der Waals surface area contributed by atoms with Crippen molar-refractivity contribution in [3.05, 3.63) is 28.3 Å². The molecule has 0 spiro atoms. The predicted molar refractivity (Wildman–Crippen MR) is 86.0 cm³/mol. The molecule has 1 saturated carbocycles. The highest BCUT2D eigenvalue weighted by molar-refractivity contribution is 6.32. The van der Waals surface area contributed by atoms with Crippen molar-refractivity contribution in [2.24, 2.45) is 0 Å². The quantitative estimate of drug-likeness (QED) is 0.906. The van der Waals surface area contributed by atoms with Gasteiger partial charge in [0.15, 0.2) is 6.10 Å². The number of aryl methyl sites for hydroxylation is 2. The number of halogens is 1. The first-order valence-corrected chi connectivity index (χ1v) is 8.09. The molecule has 0 radical (unpaired) electrons. The number of hydrogen-bond acceptors (Lipinski definition) is 2. The number of nitrogens with one attached hydrogen (secondary N) is 1. The molecule has 2 rings (SSSR count). The summed E-state index contributed by atoms with van der Waals surface area (Å²) in [5.74, 6) is 0.660. The highest BCUT2D eigenvalue weighted by Gasteiger charge is 2.21. The third-order valence-corrected chi connectivity index (χ3v) is 4.64. The molecule has 1 amide bonds. The minimum Gasteiger partial charge on any atom is -0.481 e. The third kappa shape index (κ3) is 4.37. The zero-order valence-corrected chi connectivity index (χ0v) is 13.8. The van der Waals surface area contributed by atoms with Crippen LogP contribution >= 0.6 is 11.6 Å². The fraction of sp³-hybridized carbons (Fsp3) is 0.588. The number of amides is 1. The second-order valence-electron chi connectivity index (χ2n) is 5.97. The van der Waals surface area contributed by atoms with Gasteiger partial charge in [-0.1, -0.05) is 30.9 Å². The summed E-state index contributed by atoms with van der Waals surface area (Å²) in [5.41, 5.74) is 1.93. The van der Waals surface area contributed by atoms with E-state index in [0.717, 1.165) is 29.0 Å². The third-order valence-electron chi connectivity index (χ3n) is 4.04. The van der Waals surface area contributed by atoms with E-state index in [0.29, 0.717) is 11.8 Å².